The molecule has 0 radical (unpaired) electrons. The molecule has 57 heavy (non-hydrogen) atoms. The van der Waals surface area contributed by atoms with Crippen LogP contribution in [-0.2, 0) is 0 Å². The summed E-state index contributed by atoms with van der Waals surface area (Å²) in [5, 5.41) is 4.68. The van der Waals surface area contributed by atoms with Crippen molar-refractivity contribution in [1.29, 1.82) is 0 Å². The van der Waals surface area contributed by atoms with E-state index < -0.39 is 0 Å². The van der Waals surface area contributed by atoms with Gasteiger partial charge in [0.2, 0.25) is 0 Å². The minimum Gasteiger partial charge on any atom is -0.456 e. The second-order valence-electron chi connectivity index (χ2n) is 14.5. The molecule has 4 heteroatoms. The predicted molar refractivity (Wildman–Crippen MR) is 236 cm³/mol. The standard InChI is InChI=1S/C53H33N3O/c1-54-40-22-28-43(29-23-40)56-49-15-6-5-13-45(49)48-34-44(30-32-50(48)56)55(41-24-17-36(18-25-41)35-9-3-2-4-10-35)42-26-19-37(20-27-42)39-21-31-46-47-14-7-11-38-12-8-16-51(53(38)47)57-52(46)33-39/h2-34H. The molecule has 1 aromatic heterocycles. The first-order valence-corrected chi connectivity index (χ1v) is 19.1. The highest BCUT2D eigenvalue weighted by Crippen LogP contribution is 2.48. The highest BCUT2D eigenvalue weighted by Gasteiger charge is 2.21. The van der Waals surface area contributed by atoms with Gasteiger partial charge in [-0.3, -0.25) is 0 Å². The quantitative estimate of drug-likeness (QED) is 0.159. The van der Waals surface area contributed by atoms with E-state index in [0.717, 1.165) is 67.4 Å². The summed E-state index contributed by atoms with van der Waals surface area (Å²) in [7, 11) is 0. The van der Waals surface area contributed by atoms with Crippen LogP contribution in [0.3, 0.4) is 0 Å². The molecule has 0 bridgehead atoms. The van der Waals surface area contributed by atoms with Gasteiger partial charge in [-0.1, -0.05) is 121 Å². The average Bonchev–Trinajstić information content (AvgIpc) is 3.61. The number of anilines is 3. The molecular formula is C53H33N3O. The van der Waals surface area contributed by atoms with Crippen molar-refractivity contribution in [1.82, 2.24) is 4.57 Å². The van der Waals surface area contributed by atoms with E-state index in [1.54, 1.807) is 0 Å². The number of hydrogen-bond donors (Lipinski definition) is 0. The van der Waals surface area contributed by atoms with Crippen LogP contribution in [0, 0.1) is 6.57 Å². The van der Waals surface area contributed by atoms with E-state index in [1.165, 1.54) is 32.8 Å². The molecule has 0 saturated carbocycles. The molecule has 0 amide bonds. The van der Waals surface area contributed by atoms with E-state index in [9.17, 15) is 0 Å². The van der Waals surface area contributed by atoms with Gasteiger partial charge in [0.25, 0.3) is 0 Å². The minimum atomic E-state index is 0.630. The molecule has 1 aliphatic rings. The fourth-order valence-electron chi connectivity index (χ4n) is 8.48. The lowest BCUT2D eigenvalue weighted by atomic mass is 9.93. The first kappa shape index (κ1) is 32.6. The van der Waals surface area contributed by atoms with Gasteiger partial charge in [0, 0.05) is 44.5 Å². The number of hydrogen-bond acceptors (Lipinski definition) is 2. The van der Waals surface area contributed by atoms with Crippen LogP contribution in [0.2, 0.25) is 0 Å². The highest BCUT2D eigenvalue weighted by molar-refractivity contribution is 6.11. The number of rotatable bonds is 6. The topological polar surface area (TPSA) is 21.8 Å². The zero-order chi connectivity index (χ0) is 37.9. The maximum atomic E-state index is 7.45. The lowest BCUT2D eigenvalue weighted by Crippen LogP contribution is -2.10. The van der Waals surface area contributed by atoms with Crippen molar-refractivity contribution in [3.63, 3.8) is 0 Å². The van der Waals surface area contributed by atoms with Gasteiger partial charge in [0.05, 0.1) is 17.6 Å². The number of benzene rings is 9. The summed E-state index contributed by atoms with van der Waals surface area (Å²) in [5.74, 6) is 1.77. The Morgan fingerprint density at radius 2 is 1.07 bits per heavy atom. The molecule has 10 aromatic rings. The average molecular weight is 728 g/mol. The minimum absolute atomic E-state index is 0.630. The number of aromatic nitrogens is 1. The van der Waals surface area contributed by atoms with Crippen LogP contribution >= 0.6 is 0 Å². The largest absolute Gasteiger partial charge is 0.456 e. The van der Waals surface area contributed by atoms with Crippen molar-refractivity contribution in [2.45, 2.75) is 0 Å². The van der Waals surface area contributed by atoms with Gasteiger partial charge < -0.3 is 14.2 Å². The van der Waals surface area contributed by atoms with Crippen molar-refractivity contribution < 1.29 is 4.74 Å². The van der Waals surface area contributed by atoms with Gasteiger partial charge in [-0.25, -0.2) is 4.85 Å². The molecule has 9 aromatic carbocycles. The second-order valence-corrected chi connectivity index (χ2v) is 14.5. The van der Waals surface area contributed by atoms with Gasteiger partial charge in [-0.15, -0.1) is 0 Å². The Bertz CT molecular complexity index is 3190. The Kier molecular flexibility index (Phi) is 7.52. The smallest absolute Gasteiger partial charge is 0.187 e. The number of fused-ring (bicyclic) bond motifs is 5. The van der Waals surface area contributed by atoms with E-state index in [1.807, 2.05) is 24.3 Å². The summed E-state index contributed by atoms with van der Waals surface area (Å²) in [6, 6.07) is 70.5. The third-order valence-electron chi connectivity index (χ3n) is 11.2. The lowest BCUT2D eigenvalue weighted by Gasteiger charge is -2.26. The van der Waals surface area contributed by atoms with E-state index in [-0.39, 0.29) is 0 Å². The van der Waals surface area contributed by atoms with E-state index >= 15 is 0 Å². The third kappa shape index (κ3) is 5.45. The molecule has 0 unspecified atom stereocenters. The number of para-hydroxylation sites is 1. The fourth-order valence-corrected chi connectivity index (χ4v) is 8.48. The fraction of sp³-hybridized carbons (Fsp3) is 0. The Morgan fingerprint density at radius 3 is 1.82 bits per heavy atom. The number of nitrogens with zero attached hydrogens (tertiary/aromatic N) is 3. The summed E-state index contributed by atoms with van der Waals surface area (Å²) in [5.41, 5.74) is 14.0. The molecule has 2 heterocycles. The lowest BCUT2D eigenvalue weighted by molar-refractivity contribution is 0.487. The first-order valence-electron chi connectivity index (χ1n) is 19.1. The molecule has 0 atom stereocenters. The second kappa shape index (κ2) is 13.2. The summed E-state index contributed by atoms with van der Waals surface area (Å²) in [4.78, 5) is 5.95. The molecule has 0 fully saturated rings. The van der Waals surface area contributed by atoms with E-state index in [4.69, 9.17) is 11.3 Å². The zero-order valence-corrected chi connectivity index (χ0v) is 30.8. The first-order chi connectivity index (χ1) is 28.2. The van der Waals surface area contributed by atoms with Gasteiger partial charge >= 0.3 is 0 Å². The number of ether oxygens (including phenoxy) is 1. The van der Waals surface area contributed by atoms with Crippen LogP contribution in [-0.4, -0.2) is 4.57 Å². The summed E-state index contributed by atoms with van der Waals surface area (Å²) >= 11 is 0. The predicted octanol–water partition coefficient (Wildman–Crippen LogP) is 15.1. The van der Waals surface area contributed by atoms with Crippen LogP contribution in [0.4, 0.5) is 22.7 Å². The zero-order valence-electron chi connectivity index (χ0n) is 30.8. The van der Waals surface area contributed by atoms with Crippen LogP contribution < -0.4 is 9.64 Å². The Morgan fingerprint density at radius 1 is 0.439 bits per heavy atom. The van der Waals surface area contributed by atoms with E-state index in [2.05, 4.69) is 190 Å². The van der Waals surface area contributed by atoms with Crippen LogP contribution in [0.5, 0.6) is 11.5 Å². The van der Waals surface area contributed by atoms with Crippen LogP contribution in [0.1, 0.15) is 0 Å². The molecule has 0 aliphatic carbocycles. The molecule has 4 nitrogen and oxygen atoms in total. The maximum Gasteiger partial charge on any atom is 0.187 e. The van der Waals surface area contributed by atoms with Gasteiger partial charge in [0.15, 0.2) is 5.69 Å². The molecule has 1 aliphatic heterocycles. The monoisotopic (exact) mass is 727 g/mol. The molecule has 266 valence electrons. The Labute approximate surface area is 330 Å². The van der Waals surface area contributed by atoms with Gasteiger partial charge in [0.1, 0.15) is 11.5 Å². The van der Waals surface area contributed by atoms with Crippen molar-refractivity contribution in [3.8, 4) is 50.6 Å². The van der Waals surface area contributed by atoms with Crippen LogP contribution in [0.15, 0.2) is 200 Å². The van der Waals surface area contributed by atoms with E-state index in [0.29, 0.717) is 5.69 Å². The normalized spacial score (nSPS) is 11.6. The summed E-state index contributed by atoms with van der Waals surface area (Å²) in [6.45, 7) is 7.45. The third-order valence-corrected chi connectivity index (χ3v) is 11.2. The van der Waals surface area contributed by atoms with Crippen LogP contribution in [0.25, 0.3) is 76.5 Å². The summed E-state index contributed by atoms with van der Waals surface area (Å²) < 4.78 is 8.80. The highest BCUT2D eigenvalue weighted by atomic mass is 16.5. The Hall–Kier alpha value is -7.87. The summed E-state index contributed by atoms with van der Waals surface area (Å²) in [6.07, 6.45) is 0. The van der Waals surface area contributed by atoms with Crippen molar-refractivity contribution in [3.05, 3.63) is 212 Å². The van der Waals surface area contributed by atoms with Crippen molar-refractivity contribution in [2.75, 3.05) is 4.90 Å². The van der Waals surface area contributed by atoms with Crippen molar-refractivity contribution in [2.24, 2.45) is 0 Å². The Balaban J connectivity index is 1.01. The molecule has 0 saturated heterocycles. The van der Waals surface area contributed by atoms with Gasteiger partial charge in [-0.2, -0.15) is 0 Å². The molecule has 11 rings (SSSR count). The molecular weight excluding hydrogens is 695 g/mol. The molecule has 0 N–H and O–H groups in total. The van der Waals surface area contributed by atoms with Crippen molar-refractivity contribution >= 4 is 55.3 Å². The molecule has 0 spiro atoms. The maximum absolute atomic E-state index is 7.45. The SMILES string of the molecule is [C-]#[N+]c1ccc(-n2c3ccccc3c3cc(N(c4ccc(-c5ccccc5)cc4)c4ccc(-c5ccc6c(c5)Oc5cccc7cccc-6c57)cc4)ccc32)cc1. The van der Waals surface area contributed by atoms with Gasteiger partial charge in [-0.05, 0) is 112 Å².